The highest BCUT2D eigenvalue weighted by molar-refractivity contribution is 8.00. The zero-order chi connectivity index (χ0) is 25.0. The number of carbonyl (C=O) groups is 3. The predicted molar refractivity (Wildman–Crippen MR) is 126 cm³/mol. The summed E-state index contributed by atoms with van der Waals surface area (Å²) in [6.45, 7) is -0.0723. The fraction of sp³-hybridized carbons (Fsp3) is 0.292. The fourth-order valence-electron chi connectivity index (χ4n) is 3.10. The molecule has 2 aromatic carbocycles. The first-order valence-corrected chi connectivity index (χ1v) is 11.6. The maximum absolute atomic E-state index is 12.6. The molecule has 1 heterocycles. The van der Waals surface area contributed by atoms with Crippen LogP contribution in [0, 0.1) is 22.7 Å². The molecule has 0 saturated carbocycles. The second-order valence-electron chi connectivity index (χ2n) is 7.17. The molecule has 10 nitrogen and oxygen atoms in total. The molecule has 1 N–H and O–H groups in total. The third-order valence-electron chi connectivity index (χ3n) is 4.79. The highest BCUT2D eigenvalue weighted by atomic mass is 32.2. The van der Waals surface area contributed by atoms with Crippen LogP contribution in [-0.4, -0.2) is 54.9 Å². The standard InChI is InChI=1S/C24H22N4O6S/c25-9-3-11-28(12-4-10-26)23(30)14-32-24(31)18-5-1-2-6-21(18)35-15-22(29)27-17-7-8-19-20(13-17)34-16-33-19/h1-2,5-8,13H,3-4,11-12,14-16H2,(H,27,29). The van der Waals surface area contributed by atoms with Crippen LogP contribution in [0.25, 0.3) is 0 Å². The van der Waals surface area contributed by atoms with Crippen molar-refractivity contribution in [2.75, 3.05) is 37.6 Å². The van der Waals surface area contributed by atoms with Crippen LogP contribution >= 0.6 is 11.8 Å². The molecule has 0 unspecified atom stereocenters. The first-order chi connectivity index (χ1) is 17.0. The van der Waals surface area contributed by atoms with Gasteiger partial charge >= 0.3 is 5.97 Å². The number of thioether (sulfide) groups is 1. The van der Waals surface area contributed by atoms with Crippen LogP contribution in [0.2, 0.25) is 0 Å². The molecule has 0 aromatic heterocycles. The Bertz CT molecular complexity index is 1160. The number of nitrogens with one attached hydrogen (secondary N) is 1. The molecule has 35 heavy (non-hydrogen) atoms. The summed E-state index contributed by atoms with van der Waals surface area (Å²) < 4.78 is 15.7. The van der Waals surface area contributed by atoms with Gasteiger partial charge in [0.2, 0.25) is 12.7 Å². The minimum Gasteiger partial charge on any atom is -0.454 e. The second kappa shape index (κ2) is 12.9. The molecule has 0 atom stereocenters. The van der Waals surface area contributed by atoms with E-state index in [0.717, 1.165) is 11.8 Å². The molecule has 0 saturated heterocycles. The van der Waals surface area contributed by atoms with Crippen LogP contribution in [-0.2, 0) is 14.3 Å². The number of anilines is 1. The second-order valence-corrected chi connectivity index (χ2v) is 8.19. The van der Waals surface area contributed by atoms with E-state index < -0.39 is 18.5 Å². The summed E-state index contributed by atoms with van der Waals surface area (Å²) in [5.74, 6) is -0.278. The van der Waals surface area contributed by atoms with Gasteiger partial charge in [0.1, 0.15) is 0 Å². The molecule has 2 amide bonds. The highest BCUT2D eigenvalue weighted by Crippen LogP contribution is 2.34. The monoisotopic (exact) mass is 494 g/mol. The number of rotatable bonds is 11. The van der Waals surface area contributed by atoms with E-state index in [2.05, 4.69) is 5.32 Å². The lowest BCUT2D eigenvalue weighted by molar-refractivity contribution is -0.134. The van der Waals surface area contributed by atoms with Crippen LogP contribution < -0.4 is 14.8 Å². The molecule has 1 aliphatic rings. The Morgan fingerprint density at radius 3 is 2.49 bits per heavy atom. The lowest BCUT2D eigenvalue weighted by Gasteiger charge is -2.20. The van der Waals surface area contributed by atoms with Crippen LogP contribution in [0.1, 0.15) is 23.2 Å². The number of fused-ring (bicyclic) bond motifs is 1. The molecular weight excluding hydrogens is 472 g/mol. The normalized spacial score (nSPS) is 11.1. The molecule has 180 valence electrons. The average molecular weight is 495 g/mol. The SMILES string of the molecule is N#CCCN(CCC#N)C(=O)COC(=O)c1ccccc1SCC(=O)Nc1ccc2c(c1)OCO2. The van der Waals surface area contributed by atoms with Gasteiger partial charge in [-0.05, 0) is 24.3 Å². The Balaban J connectivity index is 1.54. The molecule has 0 radical (unpaired) electrons. The van der Waals surface area contributed by atoms with Gasteiger partial charge in [-0.25, -0.2) is 4.79 Å². The van der Waals surface area contributed by atoms with Crippen molar-refractivity contribution in [1.82, 2.24) is 4.90 Å². The van der Waals surface area contributed by atoms with E-state index >= 15 is 0 Å². The van der Waals surface area contributed by atoms with Crippen molar-refractivity contribution < 1.29 is 28.6 Å². The van der Waals surface area contributed by atoms with Crippen LogP contribution in [0.5, 0.6) is 11.5 Å². The first kappa shape index (κ1) is 25.4. The van der Waals surface area contributed by atoms with Crippen molar-refractivity contribution >= 4 is 35.2 Å². The van der Waals surface area contributed by atoms with Gasteiger partial charge < -0.3 is 24.4 Å². The lowest BCUT2D eigenvalue weighted by Crippen LogP contribution is -2.36. The van der Waals surface area contributed by atoms with Gasteiger partial charge in [-0.1, -0.05) is 12.1 Å². The molecule has 0 bridgehead atoms. The van der Waals surface area contributed by atoms with E-state index in [1.54, 1.807) is 42.5 Å². The van der Waals surface area contributed by atoms with Crippen LogP contribution in [0.15, 0.2) is 47.4 Å². The maximum atomic E-state index is 12.6. The number of nitrogens with zero attached hydrogens (tertiary/aromatic N) is 3. The van der Waals surface area contributed by atoms with Gasteiger partial charge in [0.05, 0.1) is 36.3 Å². The zero-order valence-electron chi connectivity index (χ0n) is 18.7. The average Bonchev–Trinajstić information content (AvgIpc) is 3.34. The van der Waals surface area contributed by atoms with Crippen LogP contribution in [0.3, 0.4) is 0 Å². The van der Waals surface area contributed by atoms with Gasteiger partial charge in [0.25, 0.3) is 5.91 Å². The van der Waals surface area contributed by atoms with Gasteiger partial charge in [-0.3, -0.25) is 9.59 Å². The summed E-state index contributed by atoms with van der Waals surface area (Å²) in [7, 11) is 0. The van der Waals surface area contributed by atoms with E-state index in [-0.39, 0.29) is 49.9 Å². The largest absolute Gasteiger partial charge is 0.454 e. The third-order valence-corrected chi connectivity index (χ3v) is 5.86. The Kier molecular flexibility index (Phi) is 9.34. The molecule has 1 aliphatic heterocycles. The number of carbonyl (C=O) groups excluding carboxylic acids is 3. The third kappa shape index (κ3) is 7.39. The number of esters is 1. The number of benzene rings is 2. The summed E-state index contributed by atoms with van der Waals surface area (Å²) in [6.07, 6.45) is 0.220. The molecule has 11 heteroatoms. The molecule has 0 fully saturated rings. The Labute approximate surface area is 206 Å². The Morgan fingerprint density at radius 2 is 1.74 bits per heavy atom. The minimum absolute atomic E-state index is 0.0355. The summed E-state index contributed by atoms with van der Waals surface area (Å²) in [5.41, 5.74) is 0.783. The van der Waals surface area contributed by atoms with Crippen molar-refractivity contribution in [3.63, 3.8) is 0 Å². The maximum Gasteiger partial charge on any atom is 0.339 e. The Hall–Kier alpha value is -4.22. The summed E-state index contributed by atoms with van der Waals surface area (Å²) in [5, 5.41) is 20.3. The van der Waals surface area contributed by atoms with Gasteiger partial charge in [-0.15, -0.1) is 11.8 Å². The van der Waals surface area contributed by atoms with Gasteiger partial charge in [0.15, 0.2) is 18.1 Å². The summed E-state index contributed by atoms with van der Waals surface area (Å²) >= 11 is 1.15. The number of nitriles is 2. The summed E-state index contributed by atoms with van der Waals surface area (Å²) in [4.78, 5) is 39.3. The van der Waals surface area contributed by atoms with Crippen molar-refractivity contribution in [1.29, 1.82) is 10.5 Å². The van der Waals surface area contributed by atoms with E-state index in [9.17, 15) is 14.4 Å². The molecule has 0 aliphatic carbocycles. The quantitative estimate of drug-likeness (QED) is 0.368. The lowest BCUT2D eigenvalue weighted by atomic mass is 10.2. The van der Waals surface area contributed by atoms with E-state index in [1.807, 2.05) is 12.1 Å². The number of ether oxygens (including phenoxy) is 3. The molecule has 2 aromatic rings. The first-order valence-electron chi connectivity index (χ1n) is 10.6. The van der Waals surface area contributed by atoms with Crippen LogP contribution in [0.4, 0.5) is 5.69 Å². The smallest absolute Gasteiger partial charge is 0.339 e. The fourth-order valence-corrected chi connectivity index (χ4v) is 3.94. The number of amides is 2. The van der Waals surface area contributed by atoms with Crippen molar-refractivity contribution in [3.8, 4) is 23.6 Å². The summed E-state index contributed by atoms with van der Waals surface area (Å²) in [6, 6.07) is 15.6. The van der Waals surface area contributed by atoms with Crippen molar-refractivity contribution in [3.05, 3.63) is 48.0 Å². The number of hydrogen-bond acceptors (Lipinski definition) is 9. The molecule has 3 rings (SSSR count). The minimum atomic E-state index is -0.710. The zero-order valence-corrected chi connectivity index (χ0v) is 19.5. The van der Waals surface area contributed by atoms with Gasteiger partial charge in [0, 0.05) is 29.7 Å². The van der Waals surface area contributed by atoms with E-state index in [0.29, 0.717) is 22.1 Å². The molecule has 0 spiro atoms. The predicted octanol–water partition coefficient (Wildman–Crippen LogP) is 2.96. The van der Waals surface area contributed by atoms with Crippen molar-refractivity contribution in [2.24, 2.45) is 0 Å². The molecular formula is C24H22N4O6S. The topological polar surface area (TPSA) is 142 Å². The van der Waals surface area contributed by atoms with E-state index in [1.165, 1.54) is 4.90 Å². The van der Waals surface area contributed by atoms with E-state index in [4.69, 9.17) is 24.7 Å². The Morgan fingerprint density at radius 1 is 1.03 bits per heavy atom. The van der Waals surface area contributed by atoms with Gasteiger partial charge in [-0.2, -0.15) is 10.5 Å². The van der Waals surface area contributed by atoms with Crippen molar-refractivity contribution in [2.45, 2.75) is 17.7 Å². The number of hydrogen-bond donors (Lipinski definition) is 1. The highest BCUT2D eigenvalue weighted by Gasteiger charge is 2.19.